The van der Waals surface area contributed by atoms with E-state index in [0.29, 0.717) is 0 Å². The number of nitrogens with one attached hydrogen (secondary N) is 3. The molecule has 0 unspecified atom stereocenters. The van der Waals surface area contributed by atoms with Crippen molar-refractivity contribution in [3.63, 3.8) is 0 Å². The Morgan fingerprint density at radius 2 is 1.96 bits per heavy atom. The largest absolute Gasteiger partial charge is 0.378 e. The van der Waals surface area contributed by atoms with Crippen LogP contribution in [0.25, 0.3) is 22.2 Å². The summed E-state index contributed by atoms with van der Waals surface area (Å²) in [5, 5.41) is 16.7. The minimum absolute atomic E-state index is 0.0793. The Kier molecular flexibility index (Phi) is 4.38. The molecule has 3 heterocycles. The molecule has 1 fully saturated rings. The van der Waals surface area contributed by atoms with Gasteiger partial charge in [-0.3, -0.25) is 10.8 Å². The highest BCUT2D eigenvalue weighted by molar-refractivity contribution is 8.26. The van der Waals surface area contributed by atoms with Crippen molar-refractivity contribution >= 4 is 38.7 Å². The van der Waals surface area contributed by atoms with Crippen molar-refractivity contribution in [2.45, 2.75) is 12.8 Å². The SMILES string of the molecule is N=C(N)SC(=N)c1ccc2[nH]cc(-c3cccc(N4CCCC4)n3)c2c1. The number of nitrogens with zero attached hydrogens (tertiary/aromatic N) is 2. The second-order valence-corrected chi connectivity index (χ2v) is 7.39. The first-order valence-electron chi connectivity index (χ1n) is 8.56. The van der Waals surface area contributed by atoms with Crippen molar-refractivity contribution in [3.05, 3.63) is 48.2 Å². The maximum atomic E-state index is 8.12. The molecule has 0 bridgehead atoms. The molecule has 0 amide bonds. The van der Waals surface area contributed by atoms with Gasteiger partial charge in [0.05, 0.1) is 5.69 Å². The molecular weight excluding hydrogens is 344 g/mol. The number of H-pyrrole nitrogens is 1. The summed E-state index contributed by atoms with van der Waals surface area (Å²) in [7, 11) is 0. The molecule has 0 aliphatic carbocycles. The average molecular weight is 364 g/mol. The summed E-state index contributed by atoms with van der Waals surface area (Å²) < 4.78 is 0. The van der Waals surface area contributed by atoms with Crippen molar-refractivity contribution in [3.8, 4) is 11.3 Å². The first-order valence-corrected chi connectivity index (χ1v) is 9.38. The summed E-state index contributed by atoms with van der Waals surface area (Å²) in [5.41, 5.74) is 9.08. The van der Waals surface area contributed by atoms with Gasteiger partial charge < -0.3 is 15.6 Å². The highest BCUT2D eigenvalue weighted by atomic mass is 32.2. The van der Waals surface area contributed by atoms with Crippen molar-refractivity contribution in [1.29, 1.82) is 10.8 Å². The number of nitrogens with two attached hydrogens (primary N) is 1. The van der Waals surface area contributed by atoms with E-state index in [4.69, 9.17) is 21.5 Å². The normalized spacial score (nSPS) is 14.1. The fraction of sp³-hybridized carbons (Fsp3) is 0.211. The lowest BCUT2D eigenvalue weighted by molar-refractivity contribution is 0.939. The van der Waals surface area contributed by atoms with Gasteiger partial charge in [0.25, 0.3) is 0 Å². The molecule has 0 spiro atoms. The molecule has 4 rings (SSSR count). The van der Waals surface area contributed by atoms with E-state index in [1.54, 1.807) is 0 Å². The number of amidine groups is 1. The van der Waals surface area contributed by atoms with E-state index < -0.39 is 0 Å². The molecule has 6 nitrogen and oxygen atoms in total. The van der Waals surface area contributed by atoms with Crippen LogP contribution in [-0.4, -0.2) is 33.3 Å². The van der Waals surface area contributed by atoms with Crippen LogP contribution in [0.2, 0.25) is 0 Å². The van der Waals surface area contributed by atoms with Gasteiger partial charge in [0, 0.05) is 41.3 Å². The lowest BCUT2D eigenvalue weighted by Crippen LogP contribution is -2.18. The standard InChI is InChI=1S/C19H20N6S/c20-18(26-19(21)22)12-6-7-15-13(10-12)14(11-23-15)16-4-3-5-17(24-16)25-8-1-2-9-25/h3-7,10-11,20,23H,1-2,8-9H2,(H3,21,22). The summed E-state index contributed by atoms with van der Waals surface area (Å²) in [5.74, 6) is 1.02. The molecular formula is C19H20N6S. The zero-order chi connectivity index (χ0) is 18.1. The van der Waals surface area contributed by atoms with Crippen molar-refractivity contribution in [2.75, 3.05) is 18.0 Å². The van der Waals surface area contributed by atoms with E-state index in [2.05, 4.69) is 16.0 Å². The maximum Gasteiger partial charge on any atom is 0.157 e. The van der Waals surface area contributed by atoms with Gasteiger partial charge in [0.1, 0.15) is 10.9 Å². The number of hydrogen-bond donors (Lipinski definition) is 4. The molecule has 0 radical (unpaired) electrons. The number of hydrogen-bond acceptors (Lipinski definition) is 5. The van der Waals surface area contributed by atoms with Gasteiger partial charge in [-0.1, -0.05) is 12.1 Å². The minimum Gasteiger partial charge on any atom is -0.378 e. The first kappa shape index (κ1) is 16.7. The molecule has 7 heteroatoms. The van der Waals surface area contributed by atoms with Gasteiger partial charge in [-0.2, -0.15) is 0 Å². The highest BCUT2D eigenvalue weighted by Gasteiger charge is 2.15. The van der Waals surface area contributed by atoms with E-state index in [9.17, 15) is 0 Å². The summed E-state index contributed by atoms with van der Waals surface area (Å²) >= 11 is 0.952. The topological polar surface area (TPSA) is 106 Å². The monoisotopic (exact) mass is 364 g/mol. The number of fused-ring (bicyclic) bond motifs is 1. The zero-order valence-electron chi connectivity index (χ0n) is 14.2. The number of anilines is 1. The van der Waals surface area contributed by atoms with Crippen molar-refractivity contribution in [2.24, 2.45) is 5.73 Å². The van der Waals surface area contributed by atoms with Crippen LogP contribution >= 0.6 is 11.8 Å². The third-order valence-corrected chi connectivity index (χ3v) is 5.26. The molecule has 1 aromatic carbocycles. The van der Waals surface area contributed by atoms with Crippen LogP contribution in [0, 0.1) is 10.8 Å². The minimum atomic E-state index is -0.0793. The second kappa shape index (κ2) is 6.84. The molecule has 1 saturated heterocycles. The molecule has 0 atom stereocenters. The predicted molar refractivity (Wildman–Crippen MR) is 109 cm³/mol. The summed E-state index contributed by atoms with van der Waals surface area (Å²) in [4.78, 5) is 10.5. The number of rotatable bonds is 3. The molecule has 132 valence electrons. The van der Waals surface area contributed by atoms with Crippen LogP contribution in [0.1, 0.15) is 18.4 Å². The Labute approximate surface area is 155 Å². The molecule has 1 aliphatic heterocycles. The van der Waals surface area contributed by atoms with Gasteiger partial charge in [0.2, 0.25) is 0 Å². The van der Waals surface area contributed by atoms with Crippen LogP contribution in [0.5, 0.6) is 0 Å². The Morgan fingerprint density at radius 1 is 1.15 bits per heavy atom. The lowest BCUT2D eigenvalue weighted by Gasteiger charge is -2.16. The van der Waals surface area contributed by atoms with Gasteiger partial charge in [-0.15, -0.1) is 0 Å². The van der Waals surface area contributed by atoms with Gasteiger partial charge in [0.15, 0.2) is 5.17 Å². The molecule has 1 aliphatic rings. The fourth-order valence-corrected chi connectivity index (χ4v) is 3.80. The fourth-order valence-electron chi connectivity index (χ4n) is 3.34. The third-order valence-electron chi connectivity index (χ3n) is 4.60. The summed E-state index contributed by atoms with van der Waals surface area (Å²) in [6.45, 7) is 2.13. The molecule has 2 aromatic heterocycles. The number of aromatic nitrogens is 2. The smallest absolute Gasteiger partial charge is 0.157 e. The Bertz CT molecular complexity index is 987. The number of thioether (sulfide) groups is 1. The second-order valence-electron chi connectivity index (χ2n) is 6.33. The summed E-state index contributed by atoms with van der Waals surface area (Å²) in [6.07, 6.45) is 4.41. The highest BCUT2D eigenvalue weighted by Crippen LogP contribution is 2.30. The van der Waals surface area contributed by atoms with E-state index in [0.717, 1.165) is 58.4 Å². The molecule has 0 saturated carbocycles. The zero-order valence-corrected chi connectivity index (χ0v) is 15.1. The quantitative estimate of drug-likeness (QED) is 0.419. The average Bonchev–Trinajstić information content (AvgIpc) is 3.30. The van der Waals surface area contributed by atoms with Crippen LogP contribution in [-0.2, 0) is 0 Å². The lowest BCUT2D eigenvalue weighted by atomic mass is 10.1. The first-order chi connectivity index (χ1) is 12.6. The van der Waals surface area contributed by atoms with Crippen LogP contribution in [0.3, 0.4) is 0 Å². The van der Waals surface area contributed by atoms with Crippen molar-refractivity contribution in [1.82, 2.24) is 9.97 Å². The van der Waals surface area contributed by atoms with Crippen LogP contribution in [0.15, 0.2) is 42.6 Å². The van der Waals surface area contributed by atoms with Gasteiger partial charge in [-0.25, -0.2) is 4.98 Å². The van der Waals surface area contributed by atoms with Gasteiger partial charge >= 0.3 is 0 Å². The number of aromatic amines is 1. The number of benzene rings is 1. The Hall–Kier alpha value is -2.80. The van der Waals surface area contributed by atoms with Gasteiger partial charge in [-0.05, 0) is 48.9 Å². The van der Waals surface area contributed by atoms with Crippen LogP contribution < -0.4 is 10.6 Å². The maximum absolute atomic E-state index is 8.12. The Morgan fingerprint density at radius 3 is 2.73 bits per heavy atom. The number of pyridine rings is 1. The Balaban J connectivity index is 1.73. The third kappa shape index (κ3) is 3.17. The van der Waals surface area contributed by atoms with Crippen LogP contribution in [0.4, 0.5) is 5.82 Å². The van der Waals surface area contributed by atoms with E-state index in [1.807, 2.05) is 36.5 Å². The summed E-state index contributed by atoms with van der Waals surface area (Å²) in [6, 6.07) is 11.9. The van der Waals surface area contributed by atoms with E-state index >= 15 is 0 Å². The van der Waals surface area contributed by atoms with E-state index in [-0.39, 0.29) is 10.2 Å². The van der Waals surface area contributed by atoms with Crippen molar-refractivity contribution < 1.29 is 0 Å². The predicted octanol–water partition coefficient (Wildman–Crippen LogP) is 3.78. The molecule has 3 aromatic rings. The van der Waals surface area contributed by atoms with E-state index in [1.165, 1.54) is 12.8 Å². The molecule has 5 N–H and O–H groups in total. The molecule has 26 heavy (non-hydrogen) atoms.